The highest BCUT2D eigenvalue weighted by atomic mass is 32.2. The van der Waals surface area contributed by atoms with Gasteiger partial charge in [0.1, 0.15) is 0 Å². The van der Waals surface area contributed by atoms with Crippen LogP contribution in [0.1, 0.15) is 30.9 Å². The highest BCUT2D eigenvalue weighted by Crippen LogP contribution is 2.21. The number of carbonyl (C=O) groups is 1. The van der Waals surface area contributed by atoms with E-state index < -0.39 is 0 Å². The van der Waals surface area contributed by atoms with Crippen LogP contribution in [0.3, 0.4) is 0 Å². The summed E-state index contributed by atoms with van der Waals surface area (Å²) in [6.45, 7) is 4.15. The van der Waals surface area contributed by atoms with Crippen molar-refractivity contribution in [1.82, 2.24) is 0 Å². The summed E-state index contributed by atoms with van der Waals surface area (Å²) in [5.41, 5.74) is 3.36. The van der Waals surface area contributed by atoms with Gasteiger partial charge in [0, 0.05) is 12.1 Å². The number of thioether (sulfide) groups is 1. The third kappa shape index (κ3) is 4.43. The van der Waals surface area contributed by atoms with Crippen LogP contribution in [0, 0.1) is 6.92 Å². The lowest BCUT2D eigenvalue weighted by molar-refractivity contribution is -0.116. The van der Waals surface area contributed by atoms with Crippen molar-refractivity contribution in [2.75, 3.05) is 17.3 Å². The molecule has 94 valence electrons. The van der Waals surface area contributed by atoms with Crippen LogP contribution >= 0.6 is 11.8 Å². The lowest BCUT2D eigenvalue weighted by atomic mass is 10.1. The van der Waals surface area contributed by atoms with Gasteiger partial charge in [0.25, 0.3) is 0 Å². The molecule has 0 aliphatic carbocycles. The molecule has 0 aliphatic heterocycles. The molecule has 1 rings (SSSR count). The number of carbonyl (C=O) groups excluding carboxylic acids is 1. The SMILES string of the molecule is CCc1cccc(C)c1NC(=O)CCCSC. The zero-order chi connectivity index (χ0) is 12.7. The highest BCUT2D eigenvalue weighted by Gasteiger charge is 2.07. The average Bonchev–Trinajstić information content (AvgIpc) is 2.32. The van der Waals surface area contributed by atoms with Gasteiger partial charge in [-0.15, -0.1) is 0 Å². The van der Waals surface area contributed by atoms with Crippen LogP contribution < -0.4 is 5.32 Å². The van der Waals surface area contributed by atoms with Crippen LogP contribution in [-0.4, -0.2) is 17.9 Å². The Hall–Kier alpha value is -0.960. The number of anilines is 1. The number of hydrogen-bond donors (Lipinski definition) is 1. The normalized spacial score (nSPS) is 10.3. The number of benzene rings is 1. The average molecular weight is 251 g/mol. The lowest BCUT2D eigenvalue weighted by Gasteiger charge is -2.12. The van der Waals surface area contributed by atoms with E-state index in [4.69, 9.17) is 0 Å². The van der Waals surface area contributed by atoms with Crippen molar-refractivity contribution in [2.24, 2.45) is 0 Å². The summed E-state index contributed by atoms with van der Waals surface area (Å²) in [7, 11) is 0. The first-order valence-corrected chi connectivity index (χ1v) is 7.45. The Morgan fingerprint density at radius 2 is 2.18 bits per heavy atom. The molecule has 0 spiro atoms. The van der Waals surface area contributed by atoms with E-state index >= 15 is 0 Å². The molecule has 2 nitrogen and oxygen atoms in total. The molecule has 0 heterocycles. The first kappa shape index (κ1) is 14.1. The van der Waals surface area contributed by atoms with E-state index in [0.29, 0.717) is 6.42 Å². The van der Waals surface area contributed by atoms with Gasteiger partial charge in [0.15, 0.2) is 0 Å². The first-order chi connectivity index (χ1) is 8.19. The van der Waals surface area contributed by atoms with Crippen molar-refractivity contribution in [2.45, 2.75) is 33.1 Å². The van der Waals surface area contributed by atoms with Crippen molar-refractivity contribution in [1.29, 1.82) is 0 Å². The second kappa shape index (κ2) is 7.38. The molecule has 0 saturated heterocycles. The molecule has 0 saturated carbocycles. The summed E-state index contributed by atoms with van der Waals surface area (Å²) >= 11 is 1.78. The molecule has 0 atom stereocenters. The molecule has 1 aromatic rings. The lowest BCUT2D eigenvalue weighted by Crippen LogP contribution is -2.14. The predicted octanol–water partition coefficient (Wildman–Crippen LogP) is 3.64. The highest BCUT2D eigenvalue weighted by molar-refractivity contribution is 7.98. The minimum Gasteiger partial charge on any atom is -0.326 e. The zero-order valence-electron chi connectivity index (χ0n) is 10.9. The van der Waals surface area contributed by atoms with Crippen LogP contribution in [0.2, 0.25) is 0 Å². The Morgan fingerprint density at radius 3 is 2.82 bits per heavy atom. The molecule has 0 aromatic heterocycles. The Labute approximate surface area is 108 Å². The maximum atomic E-state index is 11.8. The Kier molecular flexibility index (Phi) is 6.12. The van der Waals surface area contributed by atoms with Gasteiger partial charge in [-0.1, -0.05) is 25.1 Å². The minimum atomic E-state index is 0.128. The van der Waals surface area contributed by atoms with Crippen LogP contribution in [0.4, 0.5) is 5.69 Å². The van der Waals surface area contributed by atoms with Crippen molar-refractivity contribution >= 4 is 23.4 Å². The molecule has 3 heteroatoms. The summed E-state index contributed by atoms with van der Waals surface area (Å²) < 4.78 is 0. The van der Waals surface area contributed by atoms with Gasteiger partial charge in [-0.25, -0.2) is 0 Å². The largest absolute Gasteiger partial charge is 0.326 e. The number of amides is 1. The first-order valence-electron chi connectivity index (χ1n) is 6.06. The molecule has 0 aliphatic rings. The number of aryl methyl sites for hydroxylation is 2. The summed E-state index contributed by atoms with van der Waals surface area (Å²) in [6.07, 6.45) is 4.56. The van der Waals surface area contributed by atoms with Crippen LogP contribution in [0.15, 0.2) is 18.2 Å². The summed E-state index contributed by atoms with van der Waals surface area (Å²) in [5, 5.41) is 3.04. The Balaban J connectivity index is 2.64. The molecule has 0 fully saturated rings. The molecule has 1 aromatic carbocycles. The fourth-order valence-electron chi connectivity index (χ4n) is 1.78. The summed E-state index contributed by atoms with van der Waals surface area (Å²) in [6, 6.07) is 6.15. The number of nitrogens with one attached hydrogen (secondary N) is 1. The number of hydrogen-bond acceptors (Lipinski definition) is 2. The quantitative estimate of drug-likeness (QED) is 0.782. The summed E-state index contributed by atoms with van der Waals surface area (Å²) in [5.74, 6) is 1.17. The zero-order valence-corrected chi connectivity index (χ0v) is 11.7. The van der Waals surface area contributed by atoms with Crippen LogP contribution in [0.25, 0.3) is 0 Å². The van der Waals surface area contributed by atoms with E-state index in [1.165, 1.54) is 5.56 Å². The fourth-order valence-corrected chi connectivity index (χ4v) is 2.21. The smallest absolute Gasteiger partial charge is 0.224 e. The molecule has 17 heavy (non-hydrogen) atoms. The van der Waals surface area contributed by atoms with Crippen LogP contribution in [-0.2, 0) is 11.2 Å². The second-order valence-corrected chi connectivity index (χ2v) is 5.09. The summed E-state index contributed by atoms with van der Waals surface area (Å²) in [4.78, 5) is 11.8. The van der Waals surface area contributed by atoms with Crippen molar-refractivity contribution in [3.05, 3.63) is 29.3 Å². The van der Waals surface area contributed by atoms with E-state index in [1.54, 1.807) is 11.8 Å². The van der Waals surface area contributed by atoms with Gasteiger partial charge in [-0.3, -0.25) is 4.79 Å². The van der Waals surface area contributed by atoms with Gasteiger partial charge in [-0.05, 0) is 42.9 Å². The maximum Gasteiger partial charge on any atom is 0.224 e. The molecule has 0 radical (unpaired) electrons. The van der Waals surface area contributed by atoms with Gasteiger partial charge in [0.05, 0.1) is 0 Å². The molecule has 1 N–H and O–H groups in total. The van der Waals surface area contributed by atoms with Gasteiger partial charge < -0.3 is 5.32 Å². The van der Waals surface area contributed by atoms with Gasteiger partial charge in [-0.2, -0.15) is 11.8 Å². The van der Waals surface area contributed by atoms with E-state index in [9.17, 15) is 4.79 Å². The monoisotopic (exact) mass is 251 g/mol. The predicted molar refractivity (Wildman–Crippen MR) is 76.8 cm³/mol. The third-order valence-electron chi connectivity index (χ3n) is 2.76. The molecule has 1 amide bonds. The Bertz CT molecular complexity index is 376. The van der Waals surface area contributed by atoms with E-state index in [0.717, 1.165) is 29.8 Å². The second-order valence-electron chi connectivity index (χ2n) is 4.11. The topological polar surface area (TPSA) is 29.1 Å². The minimum absolute atomic E-state index is 0.128. The standard InChI is InChI=1S/C14H21NOS/c1-4-12-8-5-7-11(2)14(12)15-13(16)9-6-10-17-3/h5,7-8H,4,6,9-10H2,1-3H3,(H,15,16). The maximum absolute atomic E-state index is 11.8. The third-order valence-corrected chi connectivity index (χ3v) is 3.45. The Morgan fingerprint density at radius 1 is 1.41 bits per heavy atom. The van der Waals surface area contributed by atoms with Crippen LogP contribution in [0.5, 0.6) is 0 Å². The van der Waals surface area contributed by atoms with Gasteiger partial charge in [0.2, 0.25) is 5.91 Å². The van der Waals surface area contributed by atoms with Crippen molar-refractivity contribution in [3.8, 4) is 0 Å². The fraction of sp³-hybridized carbons (Fsp3) is 0.500. The van der Waals surface area contributed by atoms with E-state index in [2.05, 4.69) is 24.6 Å². The number of rotatable bonds is 6. The van der Waals surface area contributed by atoms with E-state index in [-0.39, 0.29) is 5.91 Å². The number of para-hydroxylation sites is 1. The molecular weight excluding hydrogens is 230 g/mol. The van der Waals surface area contributed by atoms with E-state index in [1.807, 2.05) is 19.1 Å². The van der Waals surface area contributed by atoms with Gasteiger partial charge >= 0.3 is 0 Å². The molecular formula is C14H21NOS. The molecule has 0 bridgehead atoms. The molecule has 0 unspecified atom stereocenters. The van der Waals surface area contributed by atoms with Crippen molar-refractivity contribution in [3.63, 3.8) is 0 Å². The van der Waals surface area contributed by atoms with Crippen molar-refractivity contribution < 1.29 is 4.79 Å².